The monoisotopic (exact) mass is 560 g/mol. The lowest BCUT2D eigenvalue weighted by molar-refractivity contribution is 0.610. The maximum absolute atomic E-state index is 13.9. The van der Waals surface area contributed by atoms with Crippen LogP contribution in [-0.4, -0.2) is 20.0 Å². The molecule has 1 aliphatic rings. The molecule has 0 amide bonds. The van der Waals surface area contributed by atoms with Crippen LogP contribution in [0.3, 0.4) is 0 Å². The Bertz CT molecular complexity index is 2010. The van der Waals surface area contributed by atoms with E-state index in [9.17, 15) is 11.0 Å². The first kappa shape index (κ1) is 23.9. The van der Waals surface area contributed by atoms with Crippen molar-refractivity contribution in [2.45, 2.75) is 24.9 Å². The van der Waals surface area contributed by atoms with Crippen LogP contribution in [0, 0.1) is 17.1 Å². The van der Waals surface area contributed by atoms with Crippen LogP contribution in [-0.2, 0) is 0 Å². The van der Waals surface area contributed by atoms with E-state index in [0.717, 1.165) is 29.3 Å². The van der Waals surface area contributed by atoms with Crippen LogP contribution >= 0.6 is 11.6 Å². The van der Waals surface area contributed by atoms with Gasteiger partial charge in [0.05, 0.1) is 41.4 Å². The van der Waals surface area contributed by atoms with E-state index in [0.29, 0.717) is 44.1 Å². The topological polar surface area (TPSA) is 91.5 Å². The molecule has 0 bridgehead atoms. The number of hydrogen-bond acceptors (Lipinski definition) is 6. The molecule has 6 aromatic rings. The third-order valence-electron chi connectivity index (χ3n) is 7.18. The van der Waals surface area contributed by atoms with Crippen molar-refractivity contribution < 1.29 is 5.76 Å². The smallest absolute Gasteiger partial charge is 0.123 e. The summed E-state index contributed by atoms with van der Waals surface area (Å²) in [6.07, 6.45) is 5.28. The Morgan fingerprint density at radius 1 is 1.05 bits per heavy atom. The molecule has 0 aliphatic heterocycles. The van der Waals surface area contributed by atoms with Crippen molar-refractivity contribution in [3.8, 4) is 6.07 Å². The summed E-state index contributed by atoms with van der Waals surface area (Å²) in [7, 11) is 0. The molecule has 9 heteroatoms. The molecule has 7 rings (SSSR count). The van der Waals surface area contributed by atoms with E-state index in [1.54, 1.807) is 35.1 Å². The second-order valence-corrected chi connectivity index (χ2v) is 10.4. The summed E-state index contributed by atoms with van der Waals surface area (Å²) in [5.74, 6) is -0.407. The molecule has 1 aliphatic carbocycles. The van der Waals surface area contributed by atoms with Gasteiger partial charge in [-0.15, -0.1) is 5.10 Å². The Balaban J connectivity index is 1.36. The van der Waals surface area contributed by atoms with Gasteiger partial charge in [0.25, 0.3) is 0 Å². The number of nitrogens with zero attached hydrogens (tertiary/aromatic N) is 5. The molecule has 4 aromatic carbocycles. The first-order chi connectivity index (χ1) is 20.4. The van der Waals surface area contributed by atoms with Crippen LogP contribution in [0.2, 0.25) is 5.02 Å². The van der Waals surface area contributed by atoms with Crippen LogP contribution in [0.4, 0.5) is 21.5 Å². The van der Waals surface area contributed by atoms with Gasteiger partial charge in [0.2, 0.25) is 0 Å². The van der Waals surface area contributed by atoms with Crippen LogP contribution < -0.4 is 10.6 Å². The van der Waals surface area contributed by atoms with E-state index in [4.69, 9.17) is 11.6 Å². The van der Waals surface area contributed by atoms with E-state index in [1.807, 2.05) is 42.5 Å². The largest absolute Gasteiger partial charge is 0.373 e. The van der Waals surface area contributed by atoms with E-state index in [2.05, 4.69) is 32.0 Å². The van der Waals surface area contributed by atoms with Crippen molar-refractivity contribution in [3.63, 3.8) is 0 Å². The highest BCUT2D eigenvalue weighted by Gasteiger charge is 2.27. The standard InChI is InChI=1S/C32H23ClFN7/c33-27-15-23(37-31(20-8-10-22(34)11-9-20)29-18-41(40-39-29)24-12-13-24)14-26-30(21(16-35)17-36-32(26)27)38-28-7-3-5-19-4-1-2-6-25(19)28/h1-11,14-15,17-18,24,31,37H,12-13H2,(H,36,38)/t31-/m1/s1/i31D. The van der Waals surface area contributed by atoms with Gasteiger partial charge in [0, 0.05) is 28.3 Å². The number of halogens is 2. The molecule has 0 radical (unpaired) electrons. The molecule has 7 nitrogen and oxygen atoms in total. The fraction of sp³-hybridized carbons (Fsp3) is 0.125. The predicted molar refractivity (Wildman–Crippen MR) is 159 cm³/mol. The number of fused-ring (bicyclic) bond motifs is 2. The van der Waals surface area contributed by atoms with Gasteiger partial charge in [0.15, 0.2) is 0 Å². The maximum atomic E-state index is 13.9. The second kappa shape index (κ2) is 10.2. The summed E-state index contributed by atoms with van der Waals surface area (Å²) >= 11 is 6.77. The zero-order valence-corrected chi connectivity index (χ0v) is 22.4. The van der Waals surface area contributed by atoms with Crippen molar-refractivity contribution in [2.75, 3.05) is 10.6 Å². The number of pyridine rings is 1. The first-order valence-electron chi connectivity index (χ1n) is 13.7. The zero-order valence-electron chi connectivity index (χ0n) is 22.6. The molecule has 41 heavy (non-hydrogen) atoms. The average Bonchev–Trinajstić information content (AvgIpc) is 3.73. The molecule has 2 N–H and O–H groups in total. The third kappa shape index (κ3) is 4.81. The van der Waals surface area contributed by atoms with Gasteiger partial charge in [-0.05, 0) is 54.1 Å². The van der Waals surface area contributed by atoms with Crippen molar-refractivity contribution in [2.24, 2.45) is 0 Å². The summed E-state index contributed by atoms with van der Waals surface area (Å²) in [6, 6.07) is 24.0. The Kier molecular flexibility index (Phi) is 5.93. The number of rotatable bonds is 7. The zero-order chi connectivity index (χ0) is 28.8. The lowest BCUT2D eigenvalue weighted by Crippen LogP contribution is -2.13. The van der Waals surface area contributed by atoms with Gasteiger partial charge < -0.3 is 10.6 Å². The van der Waals surface area contributed by atoms with Gasteiger partial charge >= 0.3 is 0 Å². The minimum absolute atomic E-state index is 0.275. The number of anilines is 3. The molecule has 200 valence electrons. The Hall–Kier alpha value is -5.00. The highest BCUT2D eigenvalue weighted by molar-refractivity contribution is 6.36. The summed E-state index contributed by atoms with van der Waals surface area (Å²) < 4.78 is 25.2. The molecular formula is C32H23ClFN7. The fourth-order valence-corrected chi connectivity index (χ4v) is 5.24. The minimum Gasteiger partial charge on any atom is -0.373 e. The van der Waals surface area contributed by atoms with Gasteiger partial charge in [-0.2, -0.15) is 5.26 Å². The van der Waals surface area contributed by atoms with Crippen molar-refractivity contribution in [3.05, 3.63) is 119 Å². The first-order valence-corrected chi connectivity index (χ1v) is 13.5. The minimum atomic E-state index is -1.62. The molecular weight excluding hydrogens is 537 g/mol. The van der Waals surface area contributed by atoms with E-state index in [1.165, 1.54) is 18.3 Å². The van der Waals surface area contributed by atoms with E-state index in [-0.39, 0.29) is 6.04 Å². The number of hydrogen-bond donors (Lipinski definition) is 2. The van der Waals surface area contributed by atoms with Gasteiger partial charge in [-0.1, -0.05) is 65.3 Å². The van der Waals surface area contributed by atoms with Crippen LogP contribution in [0.15, 0.2) is 91.3 Å². The van der Waals surface area contributed by atoms with E-state index >= 15 is 0 Å². The van der Waals surface area contributed by atoms with Gasteiger partial charge in [0.1, 0.15) is 17.6 Å². The summed E-state index contributed by atoms with van der Waals surface area (Å²) in [5.41, 5.74) is 3.53. The molecule has 2 aromatic heterocycles. The van der Waals surface area contributed by atoms with Crippen molar-refractivity contribution in [1.82, 2.24) is 20.0 Å². The lowest BCUT2D eigenvalue weighted by Gasteiger charge is -2.20. The third-order valence-corrected chi connectivity index (χ3v) is 7.47. The molecule has 2 heterocycles. The molecule has 0 spiro atoms. The number of benzene rings is 4. The Morgan fingerprint density at radius 3 is 2.66 bits per heavy atom. The summed E-state index contributed by atoms with van der Waals surface area (Å²) in [6.45, 7) is 0. The quantitative estimate of drug-likeness (QED) is 0.206. The number of aromatic nitrogens is 4. The van der Waals surface area contributed by atoms with Crippen LogP contribution in [0.1, 0.15) is 43.1 Å². The van der Waals surface area contributed by atoms with Crippen LogP contribution in [0.5, 0.6) is 0 Å². The molecule has 0 saturated heterocycles. The fourth-order valence-electron chi connectivity index (χ4n) is 4.97. The highest BCUT2D eigenvalue weighted by Crippen LogP contribution is 2.38. The average molecular weight is 561 g/mol. The van der Waals surface area contributed by atoms with Crippen molar-refractivity contribution in [1.29, 1.82) is 5.26 Å². The molecule has 1 atom stereocenters. The Labute approximate surface area is 241 Å². The van der Waals surface area contributed by atoms with E-state index < -0.39 is 11.8 Å². The molecule has 1 fully saturated rings. The van der Waals surface area contributed by atoms with Gasteiger partial charge in [-0.25, -0.2) is 9.07 Å². The number of nitriles is 1. The maximum Gasteiger partial charge on any atom is 0.123 e. The Morgan fingerprint density at radius 2 is 1.85 bits per heavy atom. The number of nitrogens with one attached hydrogen (secondary N) is 2. The van der Waals surface area contributed by atoms with Gasteiger partial charge in [-0.3, -0.25) is 4.98 Å². The summed E-state index contributed by atoms with van der Waals surface area (Å²) in [4.78, 5) is 4.47. The summed E-state index contributed by atoms with van der Waals surface area (Å²) in [5, 5.41) is 28.3. The highest BCUT2D eigenvalue weighted by atomic mass is 35.5. The second-order valence-electron chi connectivity index (χ2n) is 9.99. The SMILES string of the molecule is [2H][C@@](Nc1cc(Cl)c2ncc(C#N)c(Nc3cccc4ccccc34)c2c1)(c1ccc(F)cc1)c1cn(C2CC2)nn1. The van der Waals surface area contributed by atoms with Crippen molar-refractivity contribution >= 4 is 50.3 Å². The predicted octanol–water partition coefficient (Wildman–Crippen LogP) is 7.92. The normalized spacial score (nSPS) is 14.8. The lowest BCUT2D eigenvalue weighted by atomic mass is 10.0. The van der Waals surface area contributed by atoms with Crippen LogP contribution in [0.25, 0.3) is 21.7 Å². The molecule has 1 saturated carbocycles. The molecule has 0 unspecified atom stereocenters.